The van der Waals surface area contributed by atoms with Crippen molar-refractivity contribution in [1.29, 1.82) is 5.26 Å². The number of halogens is 3. The van der Waals surface area contributed by atoms with E-state index in [0.29, 0.717) is 0 Å². The topological polar surface area (TPSA) is 91.2 Å². The number of anilines is 1. The van der Waals surface area contributed by atoms with Gasteiger partial charge in [0.1, 0.15) is 11.6 Å². The molecule has 0 saturated heterocycles. The van der Waals surface area contributed by atoms with E-state index in [9.17, 15) is 22.8 Å². The molecule has 0 unspecified atom stereocenters. The molecule has 22 heavy (non-hydrogen) atoms. The summed E-state index contributed by atoms with van der Waals surface area (Å²) in [5.74, 6) is -2.18. The van der Waals surface area contributed by atoms with Crippen LogP contribution in [0.1, 0.15) is 6.92 Å². The van der Waals surface area contributed by atoms with E-state index in [0.717, 1.165) is 19.2 Å². The van der Waals surface area contributed by atoms with Gasteiger partial charge in [0, 0.05) is 13.1 Å². The van der Waals surface area contributed by atoms with Gasteiger partial charge in [0.25, 0.3) is 5.91 Å². The van der Waals surface area contributed by atoms with Crippen LogP contribution in [0.5, 0.6) is 5.75 Å². The molecule has 1 rings (SSSR count). The molecule has 0 atom stereocenters. The molecular weight excluding hydrogens is 303 g/mol. The van der Waals surface area contributed by atoms with Crippen molar-refractivity contribution in [2.75, 3.05) is 5.32 Å². The molecule has 0 aliphatic rings. The van der Waals surface area contributed by atoms with Gasteiger partial charge < -0.3 is 10.1 Å². The first kappa shape index (κ1) is 17.0. The summed E-state index contributed by atoms with van der Waals surface area (Å²) in [7, 11) is 0. The minimum Gasteiger partial charge on any atom is -0.404 e. The zero-order valence-electron chi connectivity index (χ0n) is 11.2. The highest BCUT2D eigenvalue weighted by Crippen LogP contribution is 2.29. The maximum absolute atomic E-state index is 12.2. The second-order valence-electron chi connectivity index (χ2n) is 3.87. The van der Waals surface area contributed by atoms with E-state index in [-0.39, 0.29) is 5.69 Å². The van der Waals surface area contributed by atoms with Gasteiger partial charge in [-0.05, 0) is 12.1 Å². The second kappa shape index (κ2) is 7.12. The molecule has 0 saturated carbocycles. The standard InChI is InChI=1S/C13H10F3N3O3/c1-8(20)19-12(21)9(6-17)7-18-10-4-2-3-5-11(10)22-13(14,15)16/h2-5,7,18H,1H3,(H,19,20,21)/b9-7+. The van der Waals surface area contributed by atoms with Gasteiger partial charge in [-0.25, -0.2) is 0 Å². The number of ether oxygens (including phenoxy) is 1. The van der Waals surface area contributed by atoms with Crippen LogP contribution in [0.15, 0.2) is 36.0 Å². The Hall–Kier alpha value is -3.02. The molecule has 0 spiro atoms. The van der Waals surface area contributed by atoms with Crippen molar-refractivity contribution in [1.82, 2.24) is 5.32 Å². The highest BCUT2D eigenvalue weighted by atomic mass is 19.4. The number of rotatable bonds is 4. The van der Waals surface area contributed by atoms with E-state index < -0.39 is 29.5 Å². The van der Waals surface area contributed by atoms with E-state index in [4.69, 9.17) is 5.26 Å². The van der Waals surface area contributed by atoms with Gasteiger partial charge in [-0.3, -0.25) is 14.9 Å². The lowest BCUT2D eigenvalue weighted by Gasteiger charge is -2.12. The zero-order chi connectivity index (χ0) is 16.8. The summed E-state index contributed by atoms with van der Waals surface area (Å²) >= 11 is 0. The number of imide groups is 1. The summed E-state index contributed by atoms with van der Waals surface area (Å²) in [4.78, 5) is 22.2. The van der Waals surface area contributed by atoms with Gasteiger partial charge in [-0.15, -0.1) is 13.2 Å². The number of carbonyl (C=O) groups excluding carboxylic acids is 2. The smallest absolute Gasteiger partial charge is 0.404 e. The van der Waals surface area contributed by atoms with E-state index in [1.807, 2.05) is 5.32 Å². The largest absolute Gasteiger partial charge is 0.573 e. The predicted molar refractivity (Wildman–Crippen MR) is 69.3 cm³/mol. The monoisotopic (exact) mass is 313 g/mol. The Kier molecular flexibility index (Phi) is 5.51. The molecule has 1 aromatic carbocycles. The Bertz CT molecular complexity index is 648. The molecule has 0 aliphatic heterocycles. The minimum atomic E-state index is -4.88. The SMILES string of the molecule is CC(=O)NC(=O)/C(C#N)=C/Nc1ccccc1OC(F)(F)F. The molecule has 9 heteroatoms. The summed E-state index contributed by atoms with van der Waals surface area (Å²) in [6.07, 6.45) is -4.01. The quantitative estimate of drug-likeness (QED) is 0.656. The third-order valence-electron chi connectivity index (χ3n) is 2.14. The van der Waals surface area contributed by atoms with Crippen molar-refractivity contribution in [3.63, 3.8) is 0 Å². The molecule has 0 heterocycles. The number of para-hydroxylation sites is 2. The van der Waals surface area contributed by atoms with E-state index in [1.54, 1.807) is 0 Å². The number of alkyl halides is 3. The molecule has 116 valence electrons. The molecule has 2 N–H and O–H groups in total. The highest BCUT2D eigenvalue weighted by Gasteiger charge is 2.32. The Morgan fingerprint density at radius 1 is 1.32 bits per heavy atom. The molecular formula is C13H10F3N3O3. The summed E-state index contributed by atoms with van der Waals surface area (Å²) in [5, 5.41) is 13.0. The first-order valence-corrected chi connectivity index (χ1v) is 5.76. The van der Waals surface area contributed by atoms with Gasteiger partial charge in [0.05, 0.1) is 5.69 Å². The van der Waals surface area contributed by atoms with E-state index in [2.05, 4.69) is 10.1 Å². The van der Waals surface area contributed by atoms with Crippen LogP contribution >= 0.6 is 0 Å². The van der Waals surface area contributed by atoms with Crippen LogP contribution in [0.3, 0.4) is 0 Å². The lowest BCUT2D eigenvalue weighted by atomic mass is 10.2. The van der Waals surface area contributed by atoms with Gasteiger partial charge >= 0.3 is 6.36 Å². The Morgan fingerprint density at radius 3 is 2.50 bits per heavy atom. The first-order chi connectivity index (χ1) is 10.2. The average molecular weight is 313 g/mol. The molecule has 1 aromatic rings. The first-order valence-electron chi connectivity index (χ1n) is 5.76. The van der Waals surface area contributed by atoms with Crippen molar-refractivity contribution >= 4 is 17.5 Å². The molecule has 0 aromatic heterocycles. The van der Waals surface area contributed by atoms with Crippen LogP contribution < -0.4 is 15.4 Å². The zero-order valence-corrected chi connectivity index (χ0v) is 11.2. The van der Waals surface area contributed by atoms with Crippen LogP contribution in [-0.4, -0.2) is 18.2 Å². The van der Waals surface area contributed by atoms with Gasteiger partial charge in [0.15, 0.2) is 5.75 Å². The fourth-order valence-corrected chi connectivity index (χ4v) is 1.33. The molecule has 0 radical (unpaired) electrons. The Balaban J connectivity index is 2.95. The summed E-state index contributed by atoms with van der Waals surface area (Å²) in [5.41, 5.74) is -0.597. The predicted octanol–water partition coefficient (Wildman–Crippen LogP) is 2.07. The van der Waals surface area contributed by atoms with Crippen molar-refractivity contribution in [2.45, 2.75) is 13.3 Å². The third kappa shape index (κ3) is 5.54. The number of hydrogen-bond donors (Lipinski definition) is 2. The van der Waals surface area contributed by atoms with Crippen LogP contribution in [-0.2, 0) is 9.59 Å². The fraction of sp³-hybridized carbons (Fsp3) is 0.154. The lowest BCUT2D eigenvalue weighted by molar-refractivity contribution is -0.274. The van der Waals surface area contributed by atoms with Gasteiger partial charge in [-0.1, -0.05) is 12.1 Å². The normalized spacial score (nSPS) is 11.3. The minimum absolute atomic E-state index is 0.108. The molecule has 0 fully saturated rings. The van der Waals surface area contributed by atoms with Gasteiger partial charge in [0.2, 0.25) is 5.91 Å². The fourth-order valence-electron chi connectivity index (χ4n) is 1.33. The molecule has 2 amide bonds. The van der Waals surface area contributed by atoms with Crippen molar-refractivity contribution in [2.24, 2.45) is 0 Å². The molecule has 0 bridgehead atoms. The second-order valence-corrected chi connectivity index (χ2v) is 3.87. The third-order valence-corrected chi connectivity index (χ3v) is 2.14. The van der Waals surface area contributed by atoms with E-state index in [1.165, 1.54) is 24.3 Å². The lowest BCUT2D eigenvalue weighted by Crippen LogP contribution is -2.29. The maximum Gasteiger partial charge on any atom is 0.573 e. The number of amides is 2. The van der Waals surface area contributed by atoms with Crippen molar-refractivity contribution < 1.29 is 27.5 Å². The van der Waals surface area contributed by atoms with Gasteiger partial charge in [-0.2, -0.15) is 5.26 Å². The highest BCUT2D eigenvalue weighted by molar-refractivity contribution is 6.06. The van der Waals surface area contributed by atoms with Crippen LogP contribution in [0.4, 0.5) is 18.9 Å². The average Bonchev–Trinajstić information content (AvgIpc) is 2.38. The number of benzene rings is 1. The van der Waals surface area contributed by atoms with Crippen molar-refractivity contribution in [3.8, 4) is 11.8 Å². The number of nitriles is 1. The van der Waals surface area contributed by atoms with Crippen LogP contribution in [0.2, 0.25) is 0 Å². The van der Waals surface area contributed by atoms with E-state index >= 15 is 0 Å². The molecule has 6 nitrogen and oxygen atoms in total. The molecule has 0 aliphatic carbocycles. The Morgan fingerprint density at radius 2 is 1.95 bits per heavy atom. The summed E-state index contributed by atoms with van der Waals surface area (Å²) in [6, 6.07) is 6.59. The Labute approximate surface area is 123 Å². The van der Waals surface area contributed by atoms with Crippen LogP contribution in [0.25, 0.3) is 0 Å². The maximum atomic E-state index is 12.2. The number of carbonyl (C=O) groups is 2. The number of nitrogens with one attached hydrogen (secondary N) is 2. The summed E-state index contributed by atoms with van der Waals surface area (Å²) in [6.45, 7) is 1.08. The summed E-state index contributed by atoms with van der Waals surface area (Å²) < 4.78 is 40.5. The number of hydrogen-bond acceptors (Lipinski definition) is 5. The number of nitrogens with zero attached hydrogens (tertiary/aromatic N) is 1. The van der Waals surface area contributed by atoms with Crippen LogP contribution in [0, 0.1) is 11.3 Å². The van der Waals surface area contributed by atoms with Crippen molar-refractivity contribution in [3.05, 3.63) is 36.0 Å².